The molecule has 0 aliphatic rings. The maximum Gasteiger partial charge on any atom is 0.0314 e. The van der Waals surface area contributed by atoms with Crippen LogP contribution in [0.15, 0.2) is 84.9 Å². The van der Waals surface area contributed by atoms with E-state index in [4.69, 9.17) is 11.5 Å². The Bertz CT molecular complexity index is 1480. The second-order valence-electron chi connectivity index (χ2n) is 17.5. The number of nitrogen functional groups attached to an aromatic ring is 2. The SMILES string of the molecule is CCCCCCc1cc(Cc2ccc(N)cc2)ccc1CCCCCCCCCCCCCCCCCc1ccc(Cc2ccc(N)cc2)cc1CCCCCC. The molecule has 2 heteroatoms. The van der Waals surface area contributed by atoms with Gasteiger partial charge in [0, 0.05) is 11.4 Å². The molecule has 4 aromatic carbocycles. The van der Waals surface area contributed by atoms with Crippen LogP contribution in [-0.2, 0) is 38.5 Å². The number of aryl methyl sites for hydroxylation is 4. The van der Waals surface area contributed by atoms with Crippen molar-refractivity contribution in [2.75, 3.05) is 11.5 Å². The van der Waals surface area contributed by atoms with Gasteiger partial charge in [0.2, 0.25) is 0 Å². The molecule has 0 unspecified atom stereocenters. The third-order valence-corrected chi connectivity index (χ3v) is 12.3. The first-order chi connectivity index (χ1) is 28.0. The summed E-state index contributed by atoms with van der Waals surface area (Å²) >= 11 is 0. The summed E-state index contributed by atoms with van der Waals surface area (Å²) in [5, 5.41) is 0. The molecule has 4 aromatic rings. The number of nitrogens with two attached hydrogens (primary N) is 2. The van der Waals surface area contributed by atoms with Crippen molar-refractivity contribution in [3.8, 4) is 0 Å². The maximum atomic E-state index is 5.92. The van der Waals surface area contributed by atoms with E-state index in [1.165, 1.54) is 196 Å². The first-order valence-corrected chi connectivity index (χ1v) is 23.9. The summed E-state index contributed by atoms with van der Waals surface area (Å²) in [6.45, 7) is 4.61. The largest absolute Gasteiger partial charge is 0.399 e. The minimum absolute atomic E-state index is 0.844. The van der Waals surface area contributed by atoms with Gasteiger partial charge in [0.25, 0.3) is 0 Å². The molecule has 0 fully saturated rings. The Labute approximate surface area is 351 Å². The minimum Gasteiger partial charge on any atom is -0.399 e. The van der Waals surface area contributed by atoms with Crippen molar-refractivity contribution in [3.05, 3.63) is 129 Å². The fourth-order valence-electron chi connectivity index (χ4n) is 8.69. The fourth-order valence-corrected chi connectivity index (χ4v) is 8.69. The Morgan fingerprint density at radius 3 is 0.860 bits per heavy atom. The van der Waals surface area contributed by atoms with Crippen molar-refractivity contribution in [3.63, 3.8) is 0 Å². The maximum absolute atomic E-state index is 5.92. The van der Waals surface area contributed by atoms with Crippen molar-refractivity contribution in [1.82, 2.24) is 0 Å². The summed E-state index contributed by atoms with van der Waals surface area (Å²) in [5.41, 5.74) is 25.5. The highest BCUT2D eigenvalue weighted by molar-refractivity contribution is 5.43. The standard InChI is InChI=1S/C55H82N2/c1-3-5-7-22-28-52-44-48(42-46-32-38-54(56)39-33-46)30-36-50(52)26-24-20-18-16-14-12-10-9-11-13-15-17-19-21-25-27-51-37-31-49(43-47-34-40-55(57)41-35-47)45-53(51)29-23-8-6-4-2/h30-41,44-45H,3-29,42-43,56-57H2,1-2H3. The predicted octanol–water partition coefficient (Wildman–Crippen LogP) is 15.9. The third kappa shape index (κ3) is 19.7. The molecule has 0 bridgehead atoms. The number of benzene rings is 4. The van der Waals surface area contributed by atoms with E-state index < -0.39 is 0 Å². The minimum atomic E-state index is 0.844. The lowest BCUT2D eigenvalue weighted by Gasteiger charge is -2.13. The van der Waals surface area contributed by atoms with E-state index in [0.29, 0.717) is 0 Å². The monoisotopic (exact) mass is 771 g/mol. The van der Waals surface area contributed by atoms with Crippen molar-refractivity contribution in [1.29, 1.82) is 0 Å². The van der Waals surface area contributed by atoms with E-state index in [1.54, 1.807) is 22.3 Å². The second-order valence-corrected chi connectivity index (χ2v) is 17.5. The van der Waals surface area contributed by atoms with Crippen molar-refractivity contribution >= 4 is 11.4 Å². The summed E-state index contributed by atoms with van der Waals surface area (Å²) in [6, 6.07) is 31.4. The van der Waals surface area contributed by atoms with Crippen LogP contribution < -0.4 is 11.5 Å². The molecule has 0 saturated carbocycles. The molecule has 2 nitrogen and oxygen atoms in total. The van der Waals surface area contributed by atoms with Crippen LogP contribution in [0.3, 0.4) is 0 Å². The van der Waals surface area contributed by atoms with Gasteiger partial charge < -0.3 is 11.5 Å². The quantitative estimate of drug-likeness (QED) is 0.0384. The number of rotatable bonds is 32. The van der Waals surface area contributed by atoms with Gasteiger partial charge in [0.15, 0.2) is 0 Å². The molecule has 0 aliphatic heterocycles. The molecule has 0 aromatic heterocycles. The van der Waals surface area contributed by atoms with Crippen LogP contribution in [0.1, 0.15) is 206 Å². The third-order valence-electron chi connectivity index (χ3n) is 12.3. The summed E-state index contributed by atoms with van der Waals surface area (Å²) in [5.74, 6) is 0. The zero-order valence-electron chi connectivity index (χ0n) is 36.7. The van der Waals surface area contributed by atoms with E-state index in [0.717, 1.165) is 24.2 Å². The Kier molecular flexibility index (Phi) is 23.3. The lowest BCUT2D eigenvalue weighted by molar-refractivity contribution is 0.530. The van der Waals surface area contributed by atoms with Gasteiger partial charge in [-0.2, -0.15) is 0 Å². The molecule has 0 radical (unpaired) electrons. The van der Waals surface area contributed by atoms with E-state index in [-0.39, 0.29) is 0 Å². The van der Waals surface area contributed by atoms with Gasteiger partial charge in [-0.3, -0.25) is 0 Å². The summed E-state index contributed by atoms with van der Waals surface area (Å²) < 4.78 is 0. The van der Waals surface area contributed by atoms with Gasteiger partial charge in [-0.25, -0.2) is 0 Å². The lowest BCUT2D eigenvalue weighted by Crippen LogP contribution is -1.99. The number of hydrogen-bond donors (Lipinski definition) is 2. The first-order valence-electron chi connectivity index (χ1n) is 23.9. The van der Waals surface area contributed by atoms with Gasteiger partial charge >= 0.3 is 0 Å². The van der Waals surface area contributed by atoms with Crippen LogP contribution in [0.25, 0.3) is 0 Å². The average Bonchev–Trinajstić information content (AvgIpc) is 3.22. The second kappa shape index (κ2) is 28.8. The highest BCUT2D eigenvalue weighted by Gasteiger charge is 2.08. The number of anilines is 2. The van der Waals surface area contributed by atoms with Crippen LogP contribution in [0.4, 0.5) is 11.4 Å². The predicted molar refractivity (Wildman–Crippen MR) is 253 cm³/mol. The van der Waals surface area contributed by atoms with E-state index >= 15 is 0 Å². The van der Waals surface area contributed by atoms with Crippen molar-refractivity contribution in [2.24, 2.45) is 0 Å². The van der Waals surface area contributed by atoms with Crippen molar-refractivity contribution < 1.29 is 0 Å². The Balaban J connectivity index is 1.01. The van der Waals surface area contributed by atoms with Gasteiger partial charge in [-0.15, -0.1) is 0 Å². The van der Waals surface area contributed by atoms with E-state index in [9.17, 15) is 0 Å². The Hall–Kier alpha value is -3.52. The van der Waals surface area contributed by atoms with E-state index in [2.05, 4.69) is 74.5 Å². The highest BCUT2D eigenvalue weighted by atomic mass is 14.5. The van der Waals surface area contributed by atoms with Crippen molar-refractivity contribution in [2.45, 2.75) is 200 Å². The van der Waals surface area contributed by atoms with Crippen LogP contribution in [0.5, 0.6) is 0 Å². The molecule has 0 aliphatic carbocycles. The molecule has 4 rings (SSSR count). The molecule has 57 heavy (non-hydrogen) atoms. The van der Waals surface area contributed by atoms with Crippen LogP contribution >= 0.6 is 0 Å². The molecular weight excluding hydrogens is 689 g/mol. The number of unbranched alkanes of at least 4 members (excludes halogenated alkanes) is 20. The molecule has 312 valence electrons. The highest BCUT2D eigenvalue weighted by Crippen LogP contribution is 2.24. The number of hydrogen-bond acceptors (Lipinski definition) is 2. The molecular formula is C55H82N2. The fraction of sp³-hybridized carbons (Fsp3) is 0.564. The topological polar surface area (TPSA) is 52.0 Å². The van der Waals surface area contributed by atoms with Crippen LogP contribution in [0.2, 0.25) is 0 Å². The van der Waals surface area contributed by atoms with Gasteiger partial charge in [0.1, 0.15) is 0 Å². The first kappa shape index (κ1) is 46.2. The zero-order valence-corrected chi connectivity index (χ0v) is 36.7. The normalized spacial score (nSPS) is 11.4. The van der Waals surface area contributed by atoms with Crippen LogP contribution in [-0.4, -0.2) is 0 Å². The van der Waals surface area contributed by atoms with E-state index in [1.807, 2.05) is 24.3 Å². The average molecular weight is 771 g/mol. The molecule has 0 heterocycles. The van der Waals surface area contributed by atoms with Gasteiger partial charge in [0.05, 0.1) is 0 Å². The smallest absolute Gasteiger partial charge is 0.0314 e. The summed E-state index contributed by atoms with van der Waals surface area (Å²) in [6.07, 6.45) is 38.6. The Morgan fingerprint density at radius 1 is 0.281 bits per heavy atom. The molecule has 0 atom stereocenters. The molecule has 0 saturated heterocycles. The van der Waals surface area contributed by atoms with Gasteiger partial charge in [-0.05, 0) is 133 Å². The lowest BCUT2D eigenvalue weighted by atomic mass is 9.93. The molecule has 4 N–H and O–H groups in total. The molecule has 0 amide bonds. The van der Waals surface area contributed by atoms with Crippen LogP contribution in [0, 0.1) is 0 Å². The Morgan fingerprint density at radius 2 is 0.544 bits per heavy atom. The van der Waals surface area contributed by atoms with Gasteiger partial charge in [-0.1, -0.05) is 197 Å². The summed E-state index contributed by atoms with van der Waals surface area (Å²) in [4.78, 5) is 0. The zero-order chi connectivity index (χ0) is 40.2. The summed E-state index contributed by atoms with van der Waals surface area (Å²) in [7, 11) is 0. The molecule has 0 spiro atoms.